The van der Waals surface area contributed by atoms with Crippen LogP contribution in [-0.2, 0) is 9.53 Å². The monoisotopic (exact) mass is 253 g/mol. The minimum Gasteiger partial charge on any atom is -0.444 e. The van der Waals surface area contributed by atoms with E-state index in [9.17, 15) is 9.59 Å². The van der Waals surface area contributed by atoms with Gasteiger partial charge in [-0.25, -0.2) is 4.79 Å². The van der Waals surface area contributed by atoms with Gasteiger partial charge in [-0.3, -0.25) is 4.79 Å². The van der Waals surface area contributed by atoms with Crippen LogP contribution in [0.4, 0.5) is 4.79 Å². The van der Waals surface area contributed by atoms with Crippen LogP contribution in [0.2, 0.25) is 0 Å². The molecule has 4 heteroatoms. The summed E-state index contributed by atoms with van der Waals surface area (Å²) in [7, 11) is 0. The third-order valence-corrected chi connectivity index (χ3v) is 3.46. The van der Waals surface area contributed by atoms with Crippen molar-refractivity contribution < 1.29 is 14.3 Å². The van der Waals surface area contributed by atoms with Crippen molar-refractivity contribution in [1.29, 1.82) is 0 Å². The van der Waals surface area contributed by atoms with Crippen molar-refractivity contribution in [1.82, 2.24) is 4.90 Å². The second kappa shape index (κ2) is 4.90. The molecule has 2 aliphatic rings. The fraction of sp³-hybridized carbons (Fsp3) is 0.857. The molecule has 1 amide bonds. The third-order valence-electron chi connectivity index (χ3n) is 3.46. The quantitative estimate of drug-likeness (QED) is 0.777. The van der Waals surface area contributed by atoms with Crippen molar-refractivity contribution in [3.05, 3.63) is 0 Å². The van der Waals surface area contributed by atoms with Crippen LogP contribution < -0.4 is 0 Å². The van der Waals surface area contributed by atoms with E-state index in [2.05, 4.69) is 0 Å². The summed E-state index contributed by atoms with van der Waals surface area (Å²) in [4.78, 5) is 25.6. The molecule has 2 saturated carbocycles. The summed E-state index contributed by atoms with van der Waals surface area (Å²) in [5, 5.41) is 0. The van der Waals surface area contributed by atoms with Crippen LogP contribution in [0.15, 0.2) is 0 Å². The first kappa shape index (κ1) is 13.4. The van der Waals surface area contributed by atoms with Crippen molar-refractivity contribution in [2.75, 3.05) is 6.54 Å². The molecule has 0 aromatic heterocycles. The van der Waals surface area contributed by atoms with Crippen molar-refractivity contribution in [2.45, 2.75) is 64.5 Å². The molecule has 0 aromatic rings. The molecule has 2 aliphatic carbocycles. The fourth-order valence-electron chi connectivity index (χ4n) is 2.40. The van der Waals surface area contributed by atoms with E-state index in [1.54, 1.807) is 4.90 Å². The summed E-state index contributed by atoms with van der Waals surface area (Å²) in [6.07, 6.45) is 4.39. The molecule has 2 fully saturated rings. The van der Waals surface area contributed by atoms with E-state index in [0.29, 0.717) is 24.8 Å². The number of Topliss-reactive ketones (excluding diaryl/α,β-unsaturated/α-hetero) is 1. The van der Waals surface area contributed by atoms with E-state index in [1.165, 1.54) is 0 Å². The summed E-state index contributed by atoms with van der Waals surface area (Å²) >= 11 is 0. The molecule has 1 atom stereocenters. The lowest BCUT2D eigenvalue weighted by molar-refractivity contribution is -0.121. The van der Waals surface area contributed by atoms with Crippen LogP contribution >= 0.6 is 0 Å². The normalized spacial score (nSPS) is 24.2. The van der Waals surface area contributed by atoms with Gasteiger partial charge in [0.25, 0.3) is 0 Å². The zero-order chi connectivity index (χ0) is 13.3. The number of hydrogen-bond donors (Lipinski definition) is 0. The molecule has 0 N–H and O–H groups in total. The number of rotatable bonds is 3. The average molecular weight is 253 g/mol. The minimum absolute atomic E-state index is 0.0399. The number of ether oxygens (including phenoxy) is 1. The minimum atomic E-state index is -0.468. The molecular weight excluding hydrogens is 230 g/mol. The van der Waals surface area contributed by atoms with E-state index >= 15 is 0 Å². The Morgan fingerprint density at radius 2 is 2.00 bits per heavy atom. The summed E-state index contributed by atoms with van der Waals surface area (Å²) in [5.74, 6) is 0.349. The Balaban J connectivity index is 1.95. The standard InChI is InChI=1S/C14H23NO3/c1-14(2,3)18-13(17)15(11-7-8-11)9-10-5-4-6-12(10)16/h10-11H,4-9H2,1-3H3. The predicted molar refractivity (Wildman–Crippen MR) is 68.3 cm³/mol. The first-order chi connectivity index (χ1) is 8.37. The van der Waals surface area contributed by atoms with Gasteiger partial charge in [0.1, 0.15) is 11.4 Å². The van der Waals surface area contributed by atoms with Crippen LogP contribution in [0.1, 0.15) is 52.9 Å². The maximum atomic E-state index is 12.1. The number of amides is 1. The second-order valence-electron chi connectivity index (χ2n) is 6.42. The maximum Gasteiger partial charge on any atom is 0.410 e. The van der Waals surface area contributed by atoms with Crippen molar-refractivity contribution in [3.63, 3.8) is 0 Å². The summed E-state index contributed by atoms with van der Waals surface area (Å²) < 4.78 is 5.42. The molecule has 1 unspecified atom stereocenters. The van der Waals surface area contributed by atoms with Gasteiger partial charge in [0.2, 0.25) is 0 Å². The van der Waals surface area contributed by atoms with Gasteiger partial charge in [0.05, 0.1) is 0 Å². The third kappa shape index (κ3) is 3.47. The smallest absolute Gasteiger partial charge is 0.410 e. The highest BCUT2D eigenvalue weighted by Gasteiger charge is 2.38. The van der Waals surface area contributed by atoms with E-state index in [1.807, 2.05) is 20.8 Å². The largest absolute Gasteiger partial charge is 0.444 e. The zero-order valence-electron chi connectivity index (χ0n) is 11.6. The number of nitrogens with zero attached hydrogens (tertiary/aromatic N) is 1. The molecule has 18 heavy (non-hydrogen) atoms. The molecule has 0 spiro atoms. The van der Waals surface area contributed by atoms with Gasteiger partial charge in [0, 0.05) is 24.9 Å². The van der Waals surface area contributed by atoms with Gasteiger partial charge >= 0.3 is 6.09 Å². The highest BCUT2D eigenvalue weighted by molar-refractivity contribution is 5.83. The average Bonchev–Trinajstić information content (AvgIpc) is 2.97. The Labute approximate surface area is 109 Å². The zero-order valence-corrected chi connectivity index (χ0v) is 11.6. The number of ketones is 1. The van der Waals surface area contributed by atoms with E-state index in [4.69, 9.17) is 4.74 Å². The number of hydrogen-bond acceptors (Lipinski definition) is 3. The Morgan fingerprint density at radius 1 is 1.33 bits per heavy atom. The van der Waals surface area contributed by atoms with Crippen LogP contribution in [0.25, 0.3) is 0 Å². The van der Waals surface area contributed by atoms with Crippen molar-refractivity contribution in [2.24, 2.45) is 5.92 Å². The van der Waals surface area contributed by atoms with Crippen molar-refractivity contribution in [3.8, 4) is 0 Å². The molecular formula is C14H23NO3. The molecule has 0 saturated heterocycles. The SMILES string of the molecule is CC(C)(C)OC(=O)N(CC1CCCC1=O)C1CC1. The summed E-state index contributed by atoms with van der Waals surface area (Å²) in [6.45, 7) is 6.17. The maximum absolute atomic E-state index is 12.1. The molecule has 0 aromatic carbocycles. The van der Waals surface area contributed by atoms with Gasteiger partial charge in [-0.2, -0.15) is 0 Å². The Bertz CT molecular complexity index is 341. The summed E-state index contributed by atoms with van der Waals surface area (Å²) in [6, 6.07) is 0.299. The van der Waals surface area contributed by atoms with Gasteiger partial charge in [-0.1, -0.05) is 0 Å². The molecule has 2 rings (SSSR count). The lowest BCUT2D eigenvalue weighted by Crippen LogP contribution is -2.41. The molecule has 0 heterocycles. The van der Waals surface area contributed by atoms with Gasteiger partial charge < -0.3 is 9.64 Å². The molecule has 102 valence electrons. The first-order valence-electron chi connectivity index (χ1n) is 6.89. The first-order valence-corrected chi connectivity index (χ1v) is 6.89. The van der Waals surface area contributed by atoms with Gasteiger partial charge in [-0.05, 0) is 46.5 Å². The van der Waals surface area contributed by atoms with Crippen LogP contribution in [0.3, 0.4) is 0 Å². The van der Waals surface area contributed by atoms with Crippen LogP contribution in [0, 0.1) is 5.92 Å². The van der Waals surface area contributed by atoms with Crippen LogP contribution in [-0.4, -0.2) is 35.0 Å². The van der Waals surface area contributed by atoms with Crippen molar-refractivity contribution >= 4 is 11.9 Å². The van der Waals surface area contributed by atoms with Gasteiger partial charge in [-0.15, -0.1) is 0 Å². The number of carbonyl (C=O) groups is 2. The fourth-order valence-corrected chi connectivity index (χ4v) is 2.40. The molecule has 0 aliphatic heterocycles. The molecule has 0 radical (unpaired) electrons. The van der Waals surface area contributed by atoms with E-state index < -0.39 is 5.60 Å². The Morgan fingerprint density at radius 3 is 2.44 bits per heavy atom. The molecule has 0 bridgehead atoms. The lowest BCUT2D eigenvalue weighted by atomic mass is 10.1. The number of carbonyl (C=O) groups excluding carboxylic acids is 2. The molecule has 4 nitrogen and oxygen atoms in total. The Kier molecular flexibility index (Phi) is 3.64. The highest BCUT2D eigenvalue weighted by atomic mass is 16.6. The second-order valence-corrected chi connectivity index (χ2v) is 6.42. The van der Waals surface area contributed by atoms with Gasteiger partial charge in [0.15, 0.2) is 0 Å². The van der Waals surface area contributed by atoms with E-state index in [-0.39, 0.29) is 12.0 Å². The highest BCUT2D eigenvalue weighted by Crippen LogP contribution is 2.31. The topological polar surface area (TPSA) is 46.6 Å². The van der Waals surface area contributed by atoms with E-state index in [0.717, 1.165) is 25.7 Å². The summed E-state index contributed by atoms with van der Waals surface area (Å²) in [5.41, 5.74) is -0.468. The lowest BCUT2D eigenvalue weighted by Gasteiger charge is -2.28. The van der Waals surface area contributed by atoms with Crippen LogP contribution in [0.5, 0.6) is 0 Å². The predicted octanol–water partition coefficient (Wildman–Crippen LogP) is 2.76. The Hall–Kier alpha value is -1.06.